The molecule has 21 heavy (non-hydrogen) atoms. The molecule has 0 radical (unpaired) electrons. The smallest absolute Gasteiger partial charge is 0.463 e. The van der Waals surface area contributed by atoms with Gasteiger partial charge in [-0.25, -0.2) is 4.57 Å². The van der Waals surface area contributed by atoms with Crippen LogP contribution in [0, 0.1) is 15.7 Å². The third-order valence-electron chi connectivity index (χ3n) is 3.24. The van der Waals surface area contributed by atoms with E-state index in [1.165, 1.54) is 0 Å². The fourth-order valence-electron chi connectivity index (χ4n) is 1.62. The van der Waals surface area contributed by atoms with E-state index in [1.807, 2.05) is 45.6 Å². The molecule has 0 aromatic rings. The highest BCUT2D eigenvalue weighted by Crippen LogP contribution is 2.43. The zero-order chi connectivity index (χ0) is 16.9. The molecule has 0 saturated carbocycles. The number of nitrogens with zero attached hydrogens (tertiary/aromatic N) is 1. The van der Waals surface area contributed by atoms with Crippen molar-refractivity contribution in [2.24, 2.45) is 15.8 Å². The van der Waals surface area contributed by atoms with E-state index in [2.05, 4.69) is 4.52 Å². The maximum Gasteiger partial charge on any atom is 0.487 e. The van der Waals surface area contributed by atoms with Gasteiger partial charge in [0, 0.05) is 4.95 Å². The maximum absolute atomic E-state index is 12.3. The fourth-order valence-corrected chi connectivity index (χ4v) is 1.98. The van der Waals surface area contributed by atoms with Gasteiger partial charge in [0.15, 0.2) is 0 Å². The van der Waals surface area contributed by atoms with E-state index in [-0.39, 0.29) is 18.6 Å². The molecule has 0 aliphatic heterocycles. The summed E-state index contributed by atoms with van der Waals surface area (Å²) in [5.41, 5.74) is -0.248. The standard InChI is InChI=1S/C13H24NO6P/c1-10(2)9-13(6,12(3,4)5)11(15)19-7-8-20-21(17,18)14-16/h9H,7-8H2,1-6H3,(H,17,18). The van der Waals surface area contributed by atoms with Crippen LogP contribution in [0.4, 0.5) is 0 Å². The highest BCUT2D eigenvalue weighted by Gasteiger charge is 2.43. The van der Waals surface area contributed by atoms with E-state index in [4.69, 9.17) is 9.63 Å². The van der Waals surface area contributed by atoms with Crippen LogP contribution in [-0.2, 0) is 18.6 Å². The van der Waals surface area contributed by atoms with E-state index in [1.54, 1.807) is 6.92 Å². The molecule has 2 unspecified atom stereocenters. The maximum atomic E-state index is 12.3. The predicted octanol–water partition coefficient (Wildman–Crippen LogP) is 3.43. The number of esters is 1. The normalized spacial score (nSPS) is 17.3. The first-order chi connectivity index (χ1) is 9.35. The Morgan fingerprint density at radius 3 is 2.14 bits per heavy atom. The number of hydrogen-bond acceptors (Lipinski definition) is 5. The van der Waals surface area contributed by atoms with E-state index >= 15 is 0 Å². The molecule has 1 N–H and O–H groups in total. The quantitative estimate of drug-likeness (QED) is 0.253. The summed E-state index contributed by atoms with van der Waals surface area (Å²) in [7, 11) is -4.46. The summed E-state index contributed by atoms with van der Waals surface area (Å²) in [4.78, 5) is 33.0. The summed E-state index contributed by atoms with van der Waals surface area (Å²) < 4.78 is 20.3. The number of rotatable bonds is 7. The molecular weight excluding hydrogens is 297 g/mol. The van der Waals surface area contributed by atoms with Gasteiger partial charge in [0.25, 0.3) is 0 Å². The van der Waals surface area contributed by atoms with Crippen LogP contribution in [0.5, 0.6) is 0 Å². The number of ether oxygens (including phenoxy) is 1. The van der Waals surface area contributed by atoms with Crippen LogP contribution >= 0.6 is 7.75 Å². The average molecular weight is 321 g/mol. The van der Waals surface area contributed by atoms with E-state index in [9.17, 15) is 14.3 Å². The monoisotopic (exact) mass is 321 g/mol. The molecular formula is C13H24NO6P. The molecule has 8 heteroatoms. The molecule has 0 aliphatic rings. The Labute approximate surface area is 125 Å². The first-order valence-electron chi connectivity index (χ1n) is 6.51. The van der Waals surface area contributed by atoms with Crippen molar-refractivity contribution in [3.8, 4) is 0 Å². The lowest BCUT2D eigenvalue weighted by Gasteiger charge is -2.37. The molecule has 0 aliphatic carbocycles. The van der Waals surface area contributed by atoms with Gasteiger partial charge >= 0.3 is 13.7 Å². The molecule has 0 aromatic heterocycles. The molecule has 0 heterocycles. The van der Waals surface area contributed by atoms with Gasteiger partial charge < -0.3 is 9.63 Å². The summed E-state index contributed by atoms with van der Waals surface area (Å²) in [6.07, 6.45) is 1.83. The molecule has 0 rings (SSSR count). The fraction of sp³-hybridized carbons (Fsp3) is 0.769. The molecule has 2 atom stereocenters. The van der Waals surface area contributed by atoms with Gasteiger partial charge in [-0.3, -0.25) is 9.32 Å². The van der Waals surface area contributed by atoms with Gasteiger partial charge in [-0.15, -0.1) is 4.91 Å². The molecule has 0 spiro atoms. The van der Waals surface area contributed by atoms with Gasteiger partial charge in [-0.1, -0.05) is 32.4 Å². The zero-order valence-corrected chi connectivity index (χ0v) is 14.3. The number of nitroso groups, excluding NO2 is 1. The highest BCUT2D eigenvalue weighted by atomic mass is 31.2. The van der Waals surface area contributed by atoms with Crippen LogP contribution in [0.2, 0.25) is 0 Å². The van der Waals surface area contributed by atoms with Gasteiger partial charge in [-0.2, -0.15) is 0 Å². The predicted molar refractivity (Wildman–Crippen MR) is 79.5 cm³/mol. The van der Waals surface area contributed by atoms with Crippen molar-refractivity contribution in [2.45, 2.75) is 41.5 Å². The number of allylic oxidation sites excluding steroid dienone is 1. The highest BCUT2D eigenvalue weighted by molar-refractivity contribution is 7.51. The second-order valence-corrected chi connectivity index (χ2v) is 7.62. The average Bonchev–Trinajstić information content (AvgIpc) is 2.32. The third-order valence-corrected chi connectivity index (χ3v) is 3.96. The largest absolute Gasteiger partial charge is 0.487 e. The Morgan fingerprint density at radius 2 is 1.76 bits per heavy atom. The third kappa shape index (κ3) is 6.08. The van der Waals surface area contributed by atoms with Crippen LogP contribution < -0.4 is 0 Å². The van der Waals surface area contributed by atoms with E-state index < -0.39 is 19.1 Å². The lowest BCUT2D eigenvalue weighted by atomic mass is 9.67. The summed E-state index contributed by atoms with van der Waals surface area (Å²) in [5, 5.41) is 0. The van der Waals surface area contributed by atoms with Crippen LogP contribution in [-0.4, -0.2) is 24.1 Å². The van der Waals surface area contributed by atoms with Crippen LogP contribution in [0.1, 0.15) is 41.5 Å². The summed E-state index contributed by atoms with van der Waals surface area (Å²) in [5.74, 6) is -0.466. The summed E-state index contributed by atoms with van der Waals surface area (Å²) in [6, 6.07) is 0. The Kier molecular flexibility index (Phi) is 6.93. The van der Waals surface area contributed by atoms with Crippen LogP contribution in [0.25, 0.3) is 0 Å². The molecule has 0 saturated heterocycles. The lowest BCUT2D eigenvalue weighted by Crippen LogP contribution is -2.40. The Hall–Kier alpha value is -1.04. The van der Waals surface area contributed by atoms with Gasteiger partial charge in [0.2, 0.25) is 0 Å². The summed E-state index contributed by atoms with van der Waals surface area (Å²) in [6.45, 7) is 10.7. The number of carbonyl (C=O) groups is 1. The molecule has 0 aromatic carbocycles. The second kappa shape index (κ2) is 7.29. The minimum Gasteiger partial charge on any atom is -0.463 e. The van der Waals surface area contributed by atoms with Gasteiger partial charge in [0.05, 0.1) is 12.0 Å². The zero-order valence-electron chi connectivity index (χ0n) is 13.4. The molecule has 0 amide bonds. The van der Waals surface area contributed by atoms with Crippen molar-refractivity contribution in [1.82, 2.24) is 0 Å². The first-order valence-corrected chi connectivity index (χ1v) is 8.04. The van der Waals surface area contributed by atoms with E-state index in [0.29, 0.717) is 0 Å². The topological polar surface area (TPSA) is 102 Å². The molecule has 7 nitrogen and oxygen atoms in total. The molecule has 0 bridgehead atoms. The van der Waals surface area contributed by atoms with Crippen molar-refractivity contribution in [3.05, 3.63) is 16.6 Å². The summed E-state index contributed by atoms with van der Waals surface area (Å²) >= 11 is 0. The Balaban J connectivity index is 4.78. The van der Waals surface area contributed by atoms with Gasteiger partial charge in [0.1, 0.15) is 6.61 Å². The van der Waals surface area contributed by atoms with Crippen LogP contribution in [0.15, 0.2) is 16.6 Å². The molecule has 0 fully saturated rings. The van der Waals surface area contributed by atoms with Crippen molar-refractivity contribution in [2.75, 3.05) is 13.2 Å². The first kappa shape index (κ1) is 20.0. The Bertz CT molecular complexity index is 464. The van der Waals surface area contributed by atoms with Crippen molar-refractivity contribution < 1.29 is 23.5 Å². The van der Waals surface area contributed by atoms with Crippen LogP contribution in [0.3, 0.4) is 0 Å². The van der Waals surface area contributed by atoms with Crippen molar-refractivity contribution in [1.29, 1.82) is 0 Å². The van der Waals surface area contributed by atoms with Crippen molar-refractivity contribution in [3.63, 3.8) is 0 Å². The second-order valence-electron chi connectivity index (χ2n) is 6.22. The lowest BCUT2D eigenvalue weighted by molar-refractivity contribution is -0.158. The minimum absolute atomic E-state index is 0.235. The van der Waals surface area contributed by atoms with Gasteiger partial charge in [-0.05, 0) is 26.2 Å². The SMILES string of the molecule is CC(C)=CC(C)(C(=O)OCCOP(=O)(O)N=O)C(C)(C)C. The van der Waals surface area contributed by atoms with E-state index in [0.717, 1.165) is 5.57 Å². The van der Waals surface area contributed by atoms with Crippen molar-refractivity contribution >= 4 is 13.7 Å². The Morgan fingerprint density at radius 1 is 1.24 bits per heavy atom. The number of carbonyl (C=O) groups excluding carboxylic acids is 1. The number of hydrogen-bond donors (Lipinski definition) is 1. The minimum atomic E-state index is -4.46. The molecule has 122 valence electrons.